The van der Waals surface area contributed by atoms with E-state index in [2.05, 4.69) is 4.72 Å². The van der Waals surface area contributed by atoms with Crippen molar-refractivity contribution in [3.63, 3.8) is 0 Å². The van der Waals surface area contributed by atoms with E-state index >= 15 is 0 Å². The van der Waals surface area contributed by atoms with E-state index in [1.807, 2.05) is 6.92 Å². The van der Waals surface area contributed by atoms with Gasteiger partial charge in [-0.3, -0.25) is 4.72 Å². The number of anilines is 1. The summed E-state index contributed by atoms with van der Waals surface area (Å²) in [6, 6.07) is 9.70. The van der Waals surface area contributed by atoms with E-state index in [0.717, 1.165) is 17.7 Å². The molecule has 3 N–H and O–H groups in total. The summed E-state index contributed by atoms with van der Waals surface area (Å²) in [5.41, 5.74) is 0.608. The van der Waals surface area contributed by atoms with Gasteiger partial charge in [0.1, 0.15) is 11.3 Å². The Labute approximate surface area is 121 Å². The number of phenols is 1. The molecule has 0 amide bonds. The molecular formula is C14H13NO5S. The summed E-state index contributed by atoms with van der Waals surface area (Å²) in [4.78, 5) is 11.0. The number of rotatable bonds is 4. The van der Waals surface area contributed by atoms with Crippen LogP contribution in [0.25, 0.3) is 0 Å². The van der Waals surface area contributed by atoms with Gasteiger partial charge in [0.15, 0.2) is 0 Å². The molecular weight excluding hydrogens is 294 g/mol. The van der Waals surface area contributed by atoms with E-state index in [9.17, 15) is 18.3 Å². The zero-order valence-corrected chi connectivity index (χ0v) is 11.9. The van der Waals surface area contributed by atoms with E-state index < -0.39 is 21.7 Å². The summed E-state index contributed by atoms with van der Waals surface area (Å²) in [5, 5.41) is 18.3. The number of hydrogen-bond donors (Lipinski definition) is 3. The molecule has 2 rings (SSSR count). The van der Waals surface area contributed by atoms with Crippen LogP contribution < -0.4 is 4.72 Å². The third kappa shape index (κ3) is 3.32. The van der Waals surface area contributed by atoms with Gasteiger partial charge < -0.3 is 10.2 Å². The van der Waals surface area contributed by atoms with Gasteiger partial charge in [-0.25, -0.2) is 13.2 Å². The summed E-state index contributed by atoms with van der Waals surface area (Å²) < 4.78 is 26.6. The molecule has 110 valence electrons. The van der Waals surface area contributed by atoms with Gasteiger partial charge in [0.25, 0.3) is 10.0 Å². The Morgan fingerprint density at radius 3 is 2.29 bits per heavy atom. The predicted octanol–water partition coefficient (Wildman–Crippen LogP) is 2.20. The Kier molecular flexibility index (Phi) is 3.86. The van der Waals surface area contributed by atoms with Crippen LogP contribution in [-0.2, 0) is 10.0 Å². The first kappa shape index (κ1) is 14.9. The number of nitrogens with one attached hydrogen (secondary N) is 1. The van der Waals surface area contributed by atoms with Crippen molar-refractivity contribution in [2.45, 2.75) is 11.8 Å². The first-order chi connectivity index (χ1) is 9.79. The Balaban J connectivity index is 2.35. The van der Waals surface area contributed by atoms with Crippen molar-refractivity contribution in [1.82, 2.24) is 0 Å². The van der Waals surface area contributed by atoms with Crippen LogP contribution >= 0.6 is 0 Å². The molecule has 0 unspecified atom stereocenters. The van der Waals surface area contributed by atoms with Gasteiger partial charge in [0.2, 0.25) is 0 Å². The quantitative estimate of drug-likeness (QED) is 0.751. The van der Waals surface area contributed by atoms with Gasteiger partial charge in [-0.1, -0.05) is 17.7 Å². The van der Waals surface area contributed by atoms with Crippen LogP contribution in [0.3, 0.4) is 0 Å². The van der Waals surface area contributed by atoms with E-state index in [1.165, 1.54) is 18.2 Å². The molecule has 2 aromatic carbocycles. The van der Waals surface area contributed by atoms with Crippen molar-refractivity contribution in [2.75, 3.05) is 4.72 Å². The molecule has 0 saturated carbocycles. The van der Waals surface area contributed by atoms with E-state index in [0.29, 0.717) is 0 Å². The molecule has 7 heteroatoms. The predicted molar refractivity (Wildman–Crippen MR) is 77.1 cm³/mol. The minimum atomic E-state index is -3.81. The maximum absolute atomic E-state index is 12.2. The smallest absolute Gasteiger partial charge is 0.339 e. The Bertz CT molecular complexity index is 782. The monoisotopic (exact) mass is 307 g/mol. The SMILES string of the molecule is Cc1ccc(S(=O)(=O)Nc2ccc(O)c(C(=O)O)c2)cc1. The van der Waals surface area contributed by atoms with Crippen LogP contribution in [-0.4, -0.2) is 24.6 Å². The van der Waals surface area contributed by atoms with Gasteiger partial charge >= 0.3 is 5.97 Å². The number of aromatic hydroxyl groups is 1. The van der Waals surface area contributed by atoms with Crippen LogP contribution in [0, 0.1) is 6.92 Å². The fourth-order valence-electron chi connectivity index (χ4n) is 1.70. The molecule has 0 aliphatic carbocycles. The zero-order valence-electron chi connectivity index (χ0n) is 11.1. The molecule has 0 heterocycles. The lowest BCUT2D eigenvalue weighted by Gasteiger charge is -2.09. The van der Waals surface area contributed by atoms with Crippen molar-refractivity contribution in [3.8, 4) is 5.75 Å². The van der Waals surface area contributed by atoms with Crippen LogP contribution in [0.2, 0.25) is 0 Å². The van der Waals surface area contributed by atoms with Crippen LogP contribution in [0.15, 0.2) is 47.4 Å². The van der Waals surface area contributed by atoms with Gasteiger partial charge in [-0.05, 0) is 37.3 Å². The highest BCUT2D eigenvalue weighted by Crippen LogP contribution is 2.23. The molecule has 6 nitrogen and oxygen atoms in total. The highest BCUT2D eigenvalue weighted by Gasteiger charge is 2.16. The largest absolute Gasteiger partial charge is 0.507 e. The normalized spacial score (nSPS) is 11.1. The minimum absolute atomic E-state index is 0.0609. The molecule has 0 saturated heterocycles. The van der Waals surface area contributed by atoms with Gasteiger partial charge in [0.05, 0.1) is 4.90 Å². The number of aromatic carboxylic acids is 1. The molecule has 0 aliphatic heterocycles. The highest BCUT2D eigenvalue weighted by molar-refractivity contribution is 7.92. The number of sulfonamides is 1. The fourth-order valence-corrected chi connectivity index (χ4v) is 2.75. The molecule has 0 aliphatic rings. The minimum Gasteiger partial charge on any atom is -0.507 e. The number of benzene rings is 2. The Morgan fingerprint density at radius 2 is 1.71 bits per heavy atom. The maximum atomic E-state index is 12.2. The van der Waals surface area contributed by atoms with E-state index in [1.54, 1.807) is 12.1 Å². The van der Waals surface area contributed by atoms with Gasteiger partial charge in [-0.15, -0.1) is 0 Å². The summed E-state index contributed by atoms with van der Waals surface area (Å²) in [6.07, 6.45) is 0. The first-order valence-corrected chi connectivity index (χ1v) is 7.44. The molecule has 0 spiro atoms. The molecule has 0 bridgehead atoms. The van der Waals surface area contributed by atoms with Crippen molar-refractivity contribution in [2.24, 2.45) is 0 Å². The zero-order chi connectivity index (χ0) is 15.6. The summed E-state index contributed by atoms with van der Waals surface area (Å²) in [6.45, 7) is 1.84. The molecule has 0 aromatic heterocycles. The lowest BCUT2D eigenvalue weighted by atomic mass is 10.2. The third-order valence-electron chi connectivity index (χ3n) is 2.81. The lowest BCUT2D eigenvalue weighted by Crippen LogP contribution is -2.13. The summed E-state index contributed by atoms with van der Waals surface area (Å²) >= 11 is 0. The maximum Gasteiger partial charge on any atom is 0.339 e. The van der Waals surface area contributed by atoms with Crippen molar-refractivity contribution in [1.29, 1.82) is 0 Å². The first-order valence-electron chi connectivity index (χ1n) is 5.95. The summed E-state index contributed by atoms with van der Waals surface area (Å²) in [7, 11) is -3.81. The second-order valence-electron chi connectivity index (χ2n) is 4.46. The number of carboxylic acid groups (broad SMARTS) is 1. The van der Waals surface area contributed by atoms with Crippen LogP contribution in [0.1, 0.15) is 15.9 Å². The Morgan fingerprint density at radius 1 is 1.10 bits per heavy atom. The van der Waals surface area contributed by atoms with Crippen molar-refractivity contribution >= 4 is 21.7 Å². The molecule has 0 fully saturated rings. The molecule has 21 heavy (non-hydrogen) atoms. The van der Waals surface area contributed by atoms with E-state index in [4.69, 9.17) is 5.11 Å². The van der Waals surface area contributed by atoms with Crippen molar-refractivity contribution in [3.05, 3.63) is 53.6 Å². The topological polar surface area (TPSA) is 104 Å². The van der Waals surface area contributed by atoms with Crippen molar-refractivity contribution < 1.29 is 23.4 Å². The lowest BCUT2D eigenvalue weighted by molar-refractivity contribution is 0.0694. The van der Waals surface area contributed by atoms with Crippen LogP contribution in [0.5, 0.6) is 5.75 Å². The number of aryl methyl sites for hydroxylation is 1. The van der Waals surface area contributed by atoms with Gasteiger partial charge in [-0.2, -0.15) is 0 Å². The standard InChI is InChI=1S/C14H13NO5S/c1-9-2-5-11(6-3-9)21(19,20)15-10-4-7-13(16)12(8-10)14(17)18/h2-8,15-16H,1H3,(H,17,18). The average molecular weight is 307 g/mol. The second-order valence-corrected chi connectivity index (χ2v) is 6.14. The summed E-state index contributed by atoms with van der Waals surface area (Å²) in [5.74, 6) is -1.77. The molecule has 0 atom stereocenters. The third-order valence-corrected chi connectivity index (χ3v) is 4.21. The highest BCUT2D eigenvalue weighted by atomic mass is 32.2. The number of carboxylic acids is 1. The van der Waals surface area contributed by atoms with Crippen LogP contribution in [0.4, 0.5) is 5.69 Å². The average Bonchev–Trinajstić information content (AvgIpc) is 2.41. The Hall–Kier alpha value is -2.54. The number of carbonyl (C=O) groups is 1. The second kappa shape index (κ2) is 5.45. The van der Waals surface area contributed by atoms with E-state index in [-0.39, 0.29) is 16.1 Å². The van der Waals surface area contributed by atoms with Gasteiger partial charge in [0, 0.05) is 5.69 Å². The fraction of sp³-hybridized carbons (Fsp3) is 0.0714. The number of hydrogen-bond acceptors (Lipinski definition) is 4. The molecule has 2 aromatic rings. The molecule has 0 radical (unpaired) electrons.